The second kappa shape index (κ2) is 6.54. The number of hydrogen-bond acceptors (Lipinski definition) is 5. The Morgan fingerprint density at radius 2 is 1.67 bits per heavy atom. The summed E-state index contributed by atoms with van der Waals surface area (Å²) in [6.07, 6.45) is 1.44. The normalized spacial score (nSPS) is 17.2. The lowest BCUT2D eigenvalue weighted by Crippen LogP contribution is -2.35. The Hall–Kier alpha value is -2.58. The van der Waals surface area contributed by atoms with Crippen LogP contribution in [-0.2, 0) is 20.4 Å². The van der Waals surface area contributed by atoms with Crippen molar-refractivity contribution in [2.24, 2.45) is 0 Å². The van der Waals surface area contributed by atoms with Crippen molar-refractivity contribution in [3.05, 3.63) is 48.0 Å². The molecular weight excluding hydrogens is 368 g/mol. The van der Waals surface area contributed by atoms with E-state index in [1.54, 1.807) is 12.1 Å². The molecule has 4 rings (SSSR count). The third kappa shape index (κ3) is 3.63. The van der Waals surface area contributed by atoms with E-state index in [0.29, 0.717) is 30.4 Å². The van der Waals surface area contributed by atoms with Gasteiger partial charge in [-0.1, -0.05) is 6.07 Å². The Kier molecular flexibility index (Phi) is 4.32. The van der Waals surface area contributed by atoms with Crippen LogP contribution in [0.1, 0.15) is 25.3 Å². The molecule has 0 aromatic heterocycles. The highest BCUT2D eigenvalue weighted by Gasteiger charge is 2.48. The lowest BCUT2D eigenvalue weighted by molar-refractivity contribution is -0.114. The van der Waals surface area contributed by atoms with Crippen molar-refractivity contribution in [2.75, 3.05) is 18.5 Å². The predicted molar refractivity (Wildman–Crippen MR) is 99.4 cm³/mol. The van der Waals surface area contributed by atoms with Crippen LogP contribution >= 0.6 is 0 Å². The summed E-state index contributed by atoms with van der Waals surface area (Å²) in [6.45, 7) is 2.39. The summed E-state index contributed by atoms with van der Waals surface area (Å²) in [5, 5.41) is 2.62. The molecule has 1 saturated carbocycles. The molecule has 1 aliphatic carbocycles. The van der Waals surface area contributed by atoms with Gasteiger partial charge >= 0.3 is 0 Å². The van der Waals surface area contributed by atoms with Gasteiger partial charge < -0.3 is 14.8 Å². The first kappa shape index (κ1) is 17.8. The molecule has 1 aliphatic heterocycles. The molecule has 1 amide bonds. The summed E-state index contributed by atoms with van der Waals surface area (Å²) < 4.78 is 39.6. The van der Waals surface area contributed by atoms with Gasteiger partial charge in [-0.2, -0.15) is 0 Å². The van der Waals surface area contributed by atoms with Crippen LogP contribution in [0.3, 0.4) is 0 Å². The molecule has 1 fully saturated rings. The van der Waals surface area contributed by atoms with E-state index in [4.69, 9.17) is 9.47 Å². The summed E-state index contributed by atoms with van der Waals surface area (Å²) in [7, 11) is -3.70. The van der Waals surface area contributed by atoms with Gasteiger partial charge in [0.05, 0.1) is 10.4 Å². The molecule has 0 radical (unpaired) electrons. The van der Waals surface area contributed by atoms with E-state index in [2.05, 4.69) is 10.0 Å². The van der Waals surface area contributed by atoms with Gasteiger partial charge in [-0.3, -0.25) is 4.79 Å². The number of carbonyl (C=O) groups is 1. The van der Waals surface area contributed by atoms with E-state index >= 15 is 0 Å². The molecule has 0 bridgehead atoms. The molecule has 2 aliphatic rings. The number of fused-ring (bicyclic) bond motifs is 1. The monoisotopic (exact) mass is 388 g/mol. The van der Waals surface area contributed by atoms with Gasteiger partial charge in [0.1, 0.15) is 13.2 Å². The fraction of sp³-hybridized carbons (Fsp3) is 0.316. The van der Waals surface area contributed by atoms with Gasteiger partial charge in [0.25, 0.3) is 0 Å². The molecule has 142 valence electrons. The number of benzene rings is 2. The van der Waals surface area contributed by atoms with Crippen LogP contribution in [0.5, 0.6) is 11.5 Å². The second-order valence-corrected chi connectivity index (χ2v) is 8.43. The van der Waals surface area contributed by atoms with Gasteiger partial charge in [0.2, 0.25) is 15.9 Å². The van der Waals surface area contributed by atoms with Crippen LogP contribution in [0.25, 0.3) is 0 Å². The highest BCUT2D eigenvalue weighted by molar-refractivity contribution is 7.89. The van der Waals surface area contributed by atoms with Crippen LogP contribution < -0.4 is 19.5 Å². The molecule has 2 aromatic carbocycles. The predicted octanol–water partition coefficient (Wildman–Crippen LogP) is 2.38. The zero-order chi connectivity index (χ0) is 19.1. The Balaban J connectivity index is 1.56. The average molecular weight is 388 g/mol. The largest absolute Gasteiger partial charge is 0.486 e. The van der Waals surface area contributed by atoms with E-state index in [0.717, 1.165) is 18.4 Å². The highest BCUT2D eigenvalue weighted by Crippen LogP contribution is 2.48. The topological polar surface area (TPSA) is 93.7 Å². The molecule has 0 atom stereocenters. The van der Waals surface area contributed by atoms with Crippen LogP contribution in [0, 0.1) is 0 Å². The summed E-state index contributed by atoms with van der Waals surface area (Å²) >= 11 is 0. The molecule has 7 nitrogen and oxygen atoms in total. The first-order chi connectivity index (χ1) is 12.9. The zero-order valence-corrected chi connectivity index (χ0v) is 15.6. The SMILES string of the molecule is CC(=O)Nc1ccc(S(=O)(=O)NC2(c3ccc4c(c3)OCCO4)CC2)cc1. The molecule has 2 aromatic rings. The van der Waals surface area contributed by atoms with Crippen LogP contribution in [0.4, 0.5) is 5.69 Å². The lowest BCUT2D eigenvalue weighted by atomic mass is 10.1. The van der Waals surface area contributed by atoms with Crippen molar-refractivity contribution >= 4 is 21.6 Å². The lowest BCUT2D eigenvalue weighted by Gasteiger charge is -2.22. The highest BCUT2D eigenvalue weighted by atomic mass is 32.2. The van der Waals surface area contributed by atoms with E-state index < -0.39 is 15.6 Å². The van der Waals surface area contributed by atoms with E-state index in [1.807, 2.05) is 18.2 Å². The number of ether oxygens (including phenoxy) is 2. The fourth-order valence-corrected chi connectivity index (χ4v) is 4.60. The number of nitrogens with one attached hydrogen (secondary N) is 2. The molecule has 27 heavy (non-hydrogen) atoms. The Bertz CT molecular complexity index is 982. The van der Waals surface area contributed by atoms with E-state index in [9.17, 15) is 13.2 Å². The van der Waals surface area contributed by atoms with E-state index in [1.165, 1.54) is 19.1 Å². The molecule has 0 saturated heterocycles. The Labute approximate surface area is 157 Å². The van der Waals surface area contributed by atoms with Crippen molar-refractivity contribution in [3.8, 4) is 11.5 Å². The summed E-state index contributed by atoms with van der Waals surface area (Å²) in [6, 6.07) is 11.6. The maximum absolute atomic E-state index is 12.8. The smallest absolute Gasteiger partial charge is 0.241 e. The minimum atomic E-state index is -3.70. The number of carbonyl (C=O) groups excluding carboxylic acids is 1. The minimum absolute atomic E-state index is 0.153. The first-order valence-electron chi connectivity index (χ1n) is 8.70. The molecule has 1 heterocycles. The third-order valence-electron chi connectivity index (χ3n) is 4.66. The summed E-state index contributed by atoms with van der Waals surface area (Å²) in [5.74, 6) is 1.11. The number of anilines is 1. The maximum atomic E-state index is 12.8. The fourth-order valence-electron chi connectivity index (χ4n) is 3.15. The number of rotatable bonds is 5. The first-order valence-corrected chi connectivity index (χ1v) is 10.2. The zero-order valence-electron chi connectivity index (χ0n) is 14.8. The number of sulfonamides is 1. The van der Waals surface area contributed by atoms with E-state index in [-0.39, 0.29) is 10.8 Å². The van der Waals surface area contributed by atoms with Gasteiger partial charge in [0.15, 0.2) is 11.5 Å². The second-order valence-electron chi connectivity index (χ2n) is 6.75. The quantitative estimate of drug-likeness (QED) is 0.820. The number of hydrogen-bond donors (Lipinski definition) is 2. The third-order valence-corrected chi connectivity index (χ3v) is 6.21. The van der Waals surface area contributed by atoms with Crippen molar-refractivity contribution in [3.63, 3.8) is 0 Å². The van der Waals surface area contributed by atoms with Gasteiger partial charge in [-0.25, -0.2) is 13.1 Å². The Morgan fingerprint density at radius 1 is 1.00 bits per heavy atom. The molecule has 8 heteroatoms. The van der Waals surface area contributed by atoms with Crippen LogP contribution in [0.2, 0.25) is 0 Å². The van der Waals surface area contributed by atoms with Crippen LogP contribution in [-0.4, -0.2) is 27.5 Å². The molecule has 0 spiro atoms. The van der Waals surface area contributed by atoms with Crippen molar-refractivity contribution in [2.45, 2.75) is 30.2 Å². The Morgan fingerprint density at radius 3 is 2.30 bits per heavy atom. The minimum Gasteiger partial charge on any atom is -0.486 e. The molecular formula is C19H20N2O5S. The van der Waals surface area contributed by atoms with Crippen molar-refractivity contribution in [1.82, 2.24) is 4.72 Å². The van der Waals surface area contributed by atoms with Gasteiger partial charge in [-0.05, 0) is 54.8 Å². The van der Waals surface area contributed by atoms with Gasteiger partial charge in [0, 0.05) is 12.6 Å². The standard InChI is InChI=1S/C19H20N2O5S/c1-13(22)20-15-3-5-16(6-4-15)27(23,24)21-19(8-9-19)14-2-7-17-18(12-14)26-11-10-25-17/h2-7,12,21H,8-11H2,1H3,(H,20,22). The van der Waals surface area contributed by atoms with Crippen LogP contribution in [0.15, 0.2) is 47.4 Å². The summed E-state index contributed by atoms with van der Waals surface area (Å²) in [4.78, 5) is 11.2. The average Bonchev–Trinajstić information content (AvgIpc) is 3.41. The van der Waals surface area contributed by atoms with Crippen molar-refractivity contribution in [1.29, 1.82) is 0 Å². The molecule has 0 unspecified atom stereocenters. The van der Waals surface area contributed by atoms with Crippen molar-refractivity contribution < 1.29 is 22.7 Å². The molecule has 2 N–H and O–H groups in total. The number of amides is 1. The van der Waals surface area contributed by atoms with Gasteiger partial charge in [-0.15, -0.1) is 0 Å². The summed E-state index contributed by atoms with van der Waals surface area (Å²) in [5.41, 5.74) is 0.796. The maximum Gasteiger partial charge on any atom is 0.241 e.